The van der Waals surface area contributed by atoms with Gasteiger partial charge >= 0.3 is 0 Å². The highest BCUT2D eigenvalue weighted by Crippen LogP contribution is 2.10. The van der Waals surface area contributed by atoms with Crippen molar-refractivity contribution in [3.8, 4) is 0 Å². The quantitative estimate of drug-likeness (QED) is 0.575. The number of rotatable bonds is 9. The summed E-state index contributed by atoms with van der Waals surface area (Å²) in [4.78, 5) is 38.2. The van der Waals surface area contributed by atoms with Crippen LogP contribution < -0.4 is 15.5 Å². The smallest absolute Gasteiger partial charge is 0.251 e. The summed E-state index contributed by atoms with van der Waals surface area (Å²) in [5, 5.41) is 5.69. The fourth-order valence-electron chi connectivity index (χ4n) is 3.61. The molecule has 0 saturated carbocycles. The average molecular weight is 443 g/mol. The Morgan fingerprint density at radius 2 is 1.72 bits per heavy atom. The lowest BCUT2D eigenvalue weighted by Gasteiger charge is -2.34. The van der Waals surface area contributed by atoms with E-state index in [4.69, 9.17) is 0 Å². The minimum Gasteiger partial charge on any atom is -0.354 e. The summed E-state index contributed by atoms with van der Waals surface area (Å²) >= 11 is 0. The number of halogens is 1. The van der Waals surface area contributed by atoms with E-state index >= 15 is 0 Å². The third-order valence-corrected chi connectivity index (χ3v) is 5.50. The zero-order valence-electron chi connectivity index (χ0n) is 18.6. The Labute approximate surface area is 188 Å². The first-order valence-corrected chi connectivity index (χ1v) is 11.0. The highest BCUT2D eigenvalue weighted by Gasteiger charge is 2.24. The Morgan fingerprint density at radius 3 is 2.34 bits per heavy atom. The second-order valence-electron chi connectivity index (χ2n) is 8.22. The summed E-state index contributed by atoms with van der Waals surface area (Å²) < 4.78 is 13.1. The van der Waals surface area contributed by atoms with Gasteiger partial charge < -0.3 is 15.5 Å². The van der Waals surface area contributed by atoms with Gasteiger partial charge in [-0.2, -0.15) is 0 Å². The number of amides is 2. The molecule has 3 rings (SSSR count). The SMILES string of the molecule is CC(C)[C@H](NC(=O)c1ccc(F)cc1)C(=O)NCCCN1CCN(c2ncccn2)CC1. The molecule has 32 heavy (non-hydrogen) atoms. The van der Waals surface area contributed by atoms with Gasteiger partial charge in [0.2, 0.25) is 11.9 Å². The topological polar surface area (TPSA) is 90.5 Å². The molecule has 2 aromatic rings. The van der Waals surface area contributed by atoms with E-state index in [1.807, 2.05) is 19.9 Å². The van der Waals surface area contributed by atoms with Crippen LogP contribution in [0.2, 0.25) is 0 Å². The first kappa shape index (κ1) is 23.6. The largest absolute Gasteiger partial charge is 0.354 e. The number of nitrogens with zero attached hydrogens (tertiary/aromatic N) is 4. The normalized spacial score (nSPS) is 15.4. The summed E-state index contributed by atoms with van der Waals surface area (Å²) in [7, 11) is 0. The lowest BCUT2D eigenvalue weighted by Crippen LogP contribution is -2.50. The highest BCUT2D eigenvalue weighted by molar-refractivity contribution is 5.97. The van der Waals surface area contributed by atoms with Gasteiger partial charge in [-0.15, -0.1) is 0 Å². The molecule has 1 aromatic heterocycles. The third kappa shape index (κ3) is 6.71. The molecule has 0 bridgehead atoms. The fraction of sp³-hybridized carbons (Fsp3) is 0.478. The monoisotopic (exact) mass is 442 g/mol. The highest BCUT2D eigenvalue weighted by atomic mass is 19.1. The second-order valence-corrected chi connectivity index (χ2v) is 8.22. The molecule has 9 heteroatoms. The van der Waals surface area contributed by atoms with Crippen LogP contribution in [0.3, 0.4) is 0 Å². The summed E-state index contributed by atoms with van der Waals surface area (Å²) in [6, 6.07) is 6.43. The number of carbonyl (C=O) groups excluding carboxylic acids is 2. The Kier molecular flexibility index (Phi) is 8.49. The Bertz CT molecular complexity index is 870. The molecule has 1 aliphatic rings. The van der Waals surface area contributed by atoms with Crippen LogP contribution in [0.4, 0.5) is 10.3 Å². The van der Waals surface area contributed by atoms with E-state index in [2.05, 4.69) is 30.4 Å². The van der Waals surface area contributed by atoms with Crippen molar-refractivity contribution in [2.24, 2.45) is 5.92 Å². The van der Waals surface area contributed by atoms with Gasteiger partial charge in [-0.25, -0.2) is 14.4 Å². The van der Waals surface area contributed by atoms with Crippen molar-refractivity contribution in [3.05, 3.63) is 54.1 Å². The van der Waals surface area contributed by atoms with Crippen molar-refractivity contribution in [1.82, 2.24) is 25.5 Å². The van der Waals surface area contributed by atoms with Gasteiger partial charge in [0.15, 0.2) is 0 Å². The average Bonchev–Trinajstić information content (AvgIpc) is 2.81. The molecule has 2 heterocycles. The molecule has 1 aliphatic heterocycles. The predicted octanol–water partition coefficient (Wildman–Crippen LogP) is 1.70. The second kappa shape index (κ2) is 11.5. The van der Waals surface area contributed by atoms with Crippen molar-refractivity contribution in [1.29, 1.82) is 0 Å². The minimum absolute atomic E-state index is 0.0762. The molecule has 2 N–H and O–H groups in total. The van der Waals surface area contributed by atoms with Gasteiger partial charge in [0.05, 0.1) is 0 Å². The number of benzene rings is 1. The Morgan fingerprint density at radius 1 is 1.06 bits per heavy atom. The maximum absolute atomic E-state index is 13.1. The van der Waals surface area contributed by atoms with Gasteiger partial charge in [-0.1, -0.05) is 13.8 Å². The summed E-state index contributed by atoms with van der Waals surface area (Å²) in [6.45, 7) is 8.79. The van der Waals surface area contributed by atoms with Crippen molar-refractivity contribution >= 4 is 17.8 Å². The van der Waals surface area contributed by atoms with Gasteiger partial charge in [-0.05, 0) is 49.2 Å². The van der Waals surface area contributed by atoms with Crippen molar-refractivity contribution in [3.63, 3.8) is 0 Å². The van der Waals surface area contributed by atoms with Gasteiger partial charge in [0, 0.05) is 50.7 Å². The standard InChI is InChI=1S/C23H31FN6O2/c1-17(2)20(28-21(31)18-5-7-19(24)8-6-18)22(32)25-11-4-12-29-13-15-30(16-14-29)23-26-9-3-10-27-23/h3,5-10,17,20H,4,11-16H2,1-2H3,(H,25,32)(H,28,31)/t20-/m0/s1. The zero-order chi connectivity index (χ0) is 22.9. The van der Waals surface area contributed by atoms with E-state index in [9.17, 15) is 14.0 Å². The first-order chi connectivity index (χ1) is 15.4. The van der Waals surface area contributed by atoms with E-state index in [1.54, 1.807) is 12.4 Å². The molecule has 1 fully saturated rings. The Hall–Kier alpha value is -3.07. The van der Waals surface area contributed by atoms with Crippen molar-refractivity contribution in [2.45, 2.75) is 26.3 Å². The molecule has 1 aromatic carbocycles. The molecule has 0 unspecified atom stereocenters. The van der Waals surface area contributed by atoms with E-state index in [0.717, 1.165) is 45.1 Å². The van der Waals surface area contributed by atoms with E-state index in [-0.39, 0.29) is 17.7 Å². The van der Waals surface area contributed by atoms with Crippen LogP contribution in [0.15, 0.2) is 42.7 Å². The molecule has 2 amide bonds. The molecule has 172 valence electrons. The van der Waals surface area contributed by atoms with Crippen molar-refractivity contribution < 1.29 is 14.0 Å². The lowest BCUT2D eigenvalue weighted by atomic mass is 10.0. The number of piperazine rings is 1. The molecule has 0 radical (unpaired) electrons. The summed E-state index contributed by atoms with van der Waals surface area (Å²) in [6.07, 6.45) is 4.33. The molecule has 1 saturated heterocycles. The van der Waals surface area contributed by atoms with E-state index in [0.29, 0.717) is 12.1 Å². The van der Waals surface area contributed by atoms with Gasteiger partial charge in [-0.3, -0.25) is 14.5 Å². The molecular formula is C23H31FN6O2. The fourth-order valence-corrected chi connectivity index (χ4v) is 3.61. The maximum Gasteiger partial charge on any atom is 0.251 e. The van der Waals surface area contributed by atoms with Crippen LogP contribution >= 0.6 is 0 Å². The van der Waals surface area contributed by atoms with Gasteiger partial charge in [0.25, 0.3) is 5.91 Å². The molecule has 0 spiro atoms. The number of aromatic nitrogens is 2. The molecule has 1 atom stereocenters. The zero-order valence-corrected chi connectivity index (χ0v) is 18.6. The third-order valence-electron chi connectivity index (χ3n) is 5.50. The molecule has 0 aliphatic carbocycles. The van der Waals surface area contributed by atoms with E-state index in [1.165, 1.54) is 24.3 Å². The maximum atomic E-state index is 13.1. The minimum atomic E-state index is -0.651. The van der Waals surface area contributed by atoms with Crippen LogP contribution in [0.25, 0.3) is 0 Å². The first-order valence-electron chi connectivity index (χ1n) is 11.0. The van der Waals surface area contributed by atoms with Crippen LogP contribution in [-0.4, -0.2) is 72.0 Å². The van der Waals surface area contributed by atoms with Gasteiger partial charge in [0.1, 0.15) is 11.9 Å². The van der Waals surface area contributed by atoms with Crippen LogP contribution in [0.5, 0.6) is 0 Å². The number of hydrogen-bond donors (Lipinski definition) is 2. The number of hydrogen-bond acceptors (Lipinski definition) is 6. The molecular weight excluding hydrogens is 411 g/mol. The van der Waals surface area contributed by atoms with Crippen LogP contribution in [0.1, 0.15) is 30.6 Å². The van der Waals surface area contributed by atoms with Crippen molar-refractivity contribution in [2.75, 3.05) is 44.2 Å². The summed E-state index contributed by atoms with van der Waals surface area (Å²) in [5.41, 5.74) is 0.324. The number of anilines is 1. The summed E-state index contributed by atoms with van der Waals surface area (Å²) in [5.74, 6) is -0.315. The predicted molar refractivity (Wildman–Crippen MR) is 121 cm³/mol. The van der Waals surface area contributed by atoms with Crippen LogP contribution in [0, 0.1) is 11.7 Å². The Balaban J connectivity index is 1.38. The lowest BCUT2D eigenvalue weighted by molar-refractivity contribution is -0.123. The number of carbonyl (C=O) groups is 2. The number of nitrogens with one attached hydrogen (secondary N) is 2. The van der Waals surface area contributed by atoms with E-state index < -0.39 is 11.9 Å². The molecule has 8 nitrogen and oxygen atoms in total. The van der Waals surface area contributed by atoms with Crippen LogP contribution in [-0.2, 0) is 4.79 Å².